The molecule has 0 saturated carbocycles. The van der Waals surface area contributed by atoms with E-state index in [0.717, 1.165) is 5.56 Å². The van der Waals surface area contributed by atoms with Crippen LogP contribution in [-0.4, -0.2) is 21.4 Å². The zero-order valence-corrected chi connectivity index (χ0v) is 11.2. The maximum Gasteiger partial charge on any atom is 0.311 e. The quantitative estimate of drug-likeness (QED) is 0.666. The lowest BCUT2D eigenvalue weighted by Crippen LogP contribution is -2.01. The monoisotopic (exact) mass is 274 g/mol. The summed E-state index contributed by atoms with van der Waals surface area (Å²) < 4.78 is 5.46. The molecule has 2 rings (SSSR count). The predicted octanol–water partition coefficient (Wildman–Crippen LogP) is 2.92. The molecule has 0 atom stereocenters. The maximum atomic E-state index is 11.0. The molecule has 0 aliphatic rings. The molecule has 7 heteroatoms. The second-order valence-electron chi connectivity index (χ2n) is 4.10. The Morgan fingerprint density at radius 3 is 2.90 bits per heavy atom. The van der Waals surface area contributed by atoms with Gasteiger partial charge in [0.25, 0.3) is 0 Å². The van der Waals surface area contributed by atoms with Gasteiger partial charge in [0.1, 0.15) is 5.82 Å². The number of hydrogen-bond donors (Lipinski definition) is 1. The smallest absolute Gasteiger partial charge is 0.311 e. The molecule has 20 heavy (non-hydrogen) atoms. The molecule has 1 aromatic heterocycles. The van der Waals surface area contributed by atoms with E-state index < -0.39 is 4.92 Å². The zero-order chi connectivity index (χ0) is 14.5. The molecule has 0 unspecified atom stereocenters. The van der Waals surface area contributed by atoms with Gasteiger partial charge in [-0.05, 0) is 25.5 Å². The predicted molar refractivity (Wildman–Crippen MR) is 74.1 cm³/mol. The zero-order valence-electron chi connectivity index (χ0n) is 11.2. The summed E-state index contributed by atoms with van der Waals surface area (Å²) >= 11 is 0. The molecule has 0 amide bonds. The van der Waals surface area contributed by atoms with E-state index >= 15 is 0 Å². The standard InChI is InChI=1S/C13H14N4O3/c1-3-15-12-7-14-8-13(16-12)20-11-5-4-9(2)6-10(11)17(18)19/h4-8H,3H2,1-2H3,(H,15,16). The van der Waals surface area contributed by atoms with Crippen LogP contribution in [-0.2, 0) is 0 Å². The molecule has 0 radical (unpaired) electrons. The Balaban J connectivity index is 2.30. The number of ether oxygens (including phenoxy) is 1. The van der Waals surface area contributed by atoms with Crippen molar-refractivity contribution < 1.29 is 9.66 Å². The van der Waals surface area contributed by atoms with Crippen LogP contribution in [0.25, 0.3) is 0 Å². The second kappa shape index (κ2) is 5.96. The number of anilines is 1. The highest BCUT2D eigenvalue weighted by atomic mass is 16.6. The SMILES string of the molecule is CCNc1cncc(Oc2ccc(C)cc2[N+](=O)[O-])n1. The third-order valence-electron chi connectivity index (χ3n) is 2.50. The lowest BCUT2D eigenvalue weighted by atomic mass is 10.2. The van der Waals surface area contributed by atoms with E-state index in [4.69, 9.17) is 4.74 Å². The van der Waals surface area contributed by atoms with Gasteiger partial charge in [-0.3, -0.25) is 15.1 Å². The summed E-state index contributed by atoms with van der Waals surface area (Å²) in [6.07, 6.45) is 2.96. The summed E-state index contributed by atoms with van der Waals surface area (Å²) in [4.78, 5) is 18.7. The molecule has 0 saturated heterocycles. The number of nitrogens with one attached hydrogen (secondary N) is 1. The van der Waals surface area contributed by atoms with Crippen molar-refractivity contribution in [2.75, 3.05) is 11.9 Å². The van der Waals surface area contributed by atoms with Gasteiger partial charge in [-0.25, -0.2) is 0 Å². The van der Waals surface area contributed by atoms with E-state index in [1.165, 1.54) is 12.3 Å². The van der Waals surface area contributed by atoms with Gasteiger partial charge < -0.3 is 10.1 Å². The molecule has 0 fully saturated rings. The molecule has 1 aromatic carbocycles. The van der Waals surface area contributed by atoms with E-state index in [1.54, 1.807) is 25.3 Å². The normalized spacial score (nSPS) is 10.1. The minimum Gasteiger partial charge on any atom is -0.430 e. The van der Waals surface area contributed by atoms with Gasteiger partial charge in [-0.1, -0.05) is 6.07 Å². The minimum absolute atomic E-state index is 0.0966. The van der Waals surface area contributed by atoms with Gasteiger partial charge in [0, 0.05) is 12.6 Å². The van der Waals surface area contributed by atoms with Crippen LogP contribution in [0.1, 0.15) is 12.5 Å². The van der Waals surface area contributed by atoms with Crippen LogP contribution in [0.3, 0.4) is 0 Å². The summed E-state index contributed by atoms with van der Waals surface area (Å²) in [5, 5.41) is 14.0. The summed E-state index contributed by atoms with van der Waals surface area (Å²) in [6.45, 7) is 4.41. The van der Waals surface area contributed by atoms with Crippen molar-refractivity contribution in [2.45, 2.75) is 13.8 Å². The van der Waals surface area contributed by atoms with Crippen LogP contribution < -0.4 is 10.1 Å². The first kappa shape index (κ1) is 13.7. The minimum atomic E-state index is -0.482. The van der Waals surface area contributed by atoms with Gasteiger partial charge in [0.2, 0.25) is 11.6 Å². The van der Waals surface area contributed by atoms with Crippen LogP contribution in [0.15, 0.2) is 30.6 Å². The van der Waals surface area contributed by atoms with Crippen LogP contribution in [0.5, 0.6) is 11.6 Å². The van der Waals surface area contributed by atoms with Crippen molar-refractivity contribution in [1.82, 2.24) is 9.97 Å². The molecule has 1 heterocycles. The molecule has 0 aliphatic heterocycles. The van der Waals surface area contributed by atoms with Crippen molar-refractivity contribution in [3.63, 3.8) is 0 Å². The van der Waals surface area contributed by atoms with Gasteiger partial charge in [0.05, 0.1) is 17.3 Å². The fraction of sp³-hybridized carbons (Fsp3) is 0.231. The van der Waals surface area contributed by atoms with E-state index in [9.17, 15) is 10.1 Å². The van der Waals surface area contributed by atoms with Crippen LogP contribution in [0.4, 0.5) is 11.5 Å². The lowest BCUT2D eigenvalue weighted by Gasteiger charge is -2.07. The highest BCUT2D eigenvalue weighted by molar-refractivity contribution is 5.50. The maximum absolute atomic E-state index is 11.0. The molecular formula is C13H14N4O3. The molecular weight excluding hydrogens is 260 g/mol. The Labute approximate surface area is 115 Å². The Kier molecular flexibility index (Phi) is 4.09. The van der Waals surface area contributed by atoms with Crippen LogP contribution in [0, 0.1) is 17.0 Å². The van der Waals surface area contributed by atoms with Crippen molar-refractivity contribution >= 4 is 11.5 Å². The molecule has 1 N–H and O–H groups in total. The van der Waals surface area contributed by atoms with Crippen LogP contribution in [0.2, 0.25) is 0 Å². The number of hydrogen-bond acceptors (Lipinski definition) is 6. The summed E-state index contributed by atoms with van der Waals surface area (Å²) in [5.74, 6) is 0.902. The second-order valence-corrected chi connectivity index (χ2v) is 4.10. The summed E-state index contributed by atoms with van der Waals surface area (Å²) in [6, 6.07) is 4.75. The number of aryl methyl sites for hydroxylation is 1. The Bertz CT molecular complexity index is 631. The Hall–Kier alpha value is -2.70. The van der Waals surface area contributed by atoms with E-state index in [0.29, 0.717) is 12.4 Å². The van der Waals surface area contributed by atoms with Gasteiger partial charge in [-0.15, -0.1) is 0 Å². The van der Waals surface area contributed by atoms with Gasteiger partial charge in [-0.2, -0.15) is 4.98 Å². The van der Waals surface area contributed by atoms with Crippen molar-refractivity contribution in [2.24, 2.45) is 0 Å². The average molecular weight is 274 g/mol. The third kappa shape index (κ3) is 3.19. The first-order valence-corrected chi connectivity index (χ1v) is 6.09. The number of benzene rings is 1. The fourth-order valence-corrected chi connectivity index (χ4v) is 1.63. The van der Waals surface area contributed by atoms with E-state index in [-0.39, 0.29) is 17.3 Å². The third-order valence-corrected chi connectivity index (χ3v) is 2.50. The first-order chi connectivity index (χ1) is 9.60. The summed E-state index contributed by atoms with van der Waals surface area (Å²) in [5.41, 5.74) is 0.692. The van der Waals surface area contributed by atoms with Crippen molar-refractivity contribution in [3.8, 4) is 11.6 Å². The largest absolute Gasteiger partial charge is 0.430 e. The molecule has 7 nitrogen and oxygen atoms in total. The highest BCUT2D eigenvalue weighted by Crippen LogP contribution is 2.31. The number of rotatable bonds is 5. The van der Waals surface area contributed by atoms with Crippen molar-refractivity contribution in [3.05, 3.63) is 46.3 Å². The summed E-state index contributed by atoms with van der Waals surface area (Å²) in [7, 11) is 0. The molecule has 0 spiro atoms. The van der Waals surface area contributed by atoms with E-state index in [1.807, 2.05) is 6.92 Å². The first-order valence-electron chi connectivity index (χ1n) is 6.09. The fourth-order valence-electron chi connectivity index (χ4n) is 1.63. The van der Waals surface area contributed by atoms with Crippen molar-refractivity contribution in [1.29, 1.82) is 0 Å². The molecule has 0 bridgehead atoms. The Morgan fingerprint density at radius 2 is 2.20 bits per heavy atom. The average Bonchev–Trinajstić information content (AvgIpc) is 2.41. The highest BCUT2D eigenvalue weighted by Gasteiger charge is 2.16. The number of nitro benzene ring substituents is 1. The molecule has 2 aromatic rings. The number of nitro groups is 1. The van der Waals surface area contributed by atoms with Gasteiger partial charge >= 0.3 is 5.69 Å². The van der Waals surface area contributed by atoms with E-state index in [2.05, 4.69) is 15.3 Å². The van der Waals surface area contributed by atoms with Gasteiger partial charge in [0.15, 0.2) is 0 Å². The number of aromatic nitrogens is 2. The number of nitrogens with zero attached hydrogens (tertiary/aromatic N) is 3. The molecule has 0 aliphatic carbocycles. The molecule has 104 valence electrons. The Morgan fingerprint density at radius 1 is 1.40 bits per heavy atom. The lowest BCUT2D eigenvalue weighted by molar-refractivity contribution is -0.385. The van der Waals surface area contributed by atoms with Crippen LogP contribution >= 0.6 is 0 Å². The topological polar surface area (TPSA) is 90.2 Å².